The smallest absolute Gasteiger partial charge is 0.351 e. The Balaban J connectivity index is 2.08. The Morgan fingerprint density at radius 1 is 1.29 bits per heavy atom. The van der Waals surface area contributed by atoms with E-state index >= 15 is 0 Å². The van der Waals surface area contributed by atoms with Gasteiger partial charge in [0.15, 0.2) is 0 Å². The Kier molecular flexibility index (Phi) is 6.27. The van der Waals surface area contributed by atoms with Crippen molar-refractivity contribution >= 4 is 7.60 Å². The van der Waals surface area contributed by atoms with Crippen molar-refractivity contribution in [1.29, 1.82) is 0 Å². The van der Waals surface area contributed by atoms with Crippen molar-refractivity contribution in [1.82, 2.24) is 5.32 Å². The molecular weight excluding hydrogens is 325 g/mol. The number of hydrogen-bond donors (Lipinski definition) is 1. The molecule has 0 aromatic heterocycles. The van der Waals surface area contributed by atoms with Crippen LogP contribution in [-0.2, 0) is 20.2 Å². The first-order valence-electron chi connectivity index (χ1n) is 8.14. The molecule has 1 unspecified atom stereocenters. The average molecular weight is 353 g/mol. The van der Waals surface area contributed by atoms with Crippen LogP contribution in [0.1, 0.15) is 33.3 Å². The molecule has 5 nitrogen and oxygen atoms in total. The Morgan fingerprint density at radius 2 is 1.88 bits per heavy atom. The molecule has 1 heterocycles. The third-order valence-corrected chi connectivity index (χ3v) is 5.77. The second kappa shape index (κ2) is 7.83. The van der Waals surface area contributed by atoms with Crippen LogP contribution < -0.4 is 10.1 Å². The number of allylic oxidation sites excluding steroid dienone is 1. The molecule has 1 aliphatic heterocycles. The van der Waals surface area contributed by atoms with Crippen LogP contribution in [0.15, 0.2) is 35.9 Å². The van der Waals surface area contributed by atoms with Crippen LogP contribution in [-0.4, -0.2) is 26.1 Å². The number of hydrogen-bond acceptors (Lipinski definition) is 5. The van der Waals surface area contributed by atoms with Crippen LogP contribution in [0.25, 0.3) is 0 Å². The molecule has 1 aromatic carbocycles. The maximum Gasteiger partial charge on any atom is 0.351 e. The van der Waals surface area contributed by atoms with Crippen LogP contribution in [0.4, 0.5) is 0 Å². The topological polar surface area (TPSA) is 56.8 Å². The predicted molar refractivity (Wildman–Crippen MR) is 96.3 cm³/mol. The van der Waals surface area contributed by atoms with Gasteiger partial charge in [-0.25, -0.2) is 0 Å². The highest BCUT2D eigenvalue weighted by atomic mass is 31.2. The van der Waals surface area contributed by atoms with Gasteiger partial charge in [-0.3, -0.25) is 9.88 Å². The summed E-state index contributed by atoms with van der Waals surface area (Å²) in [5.41, 5.74) is 2.03. The summed E-state index contributed by atoms with van der Waals surface area (Å²) >= 11 is 0. The van der Waals surface area contributed by atoms with Gasteiger partial charge in [0.2, 0.25) is 0 Å². The Morgan fingerprint density at radius 3 is 2.38 bits per heavy atom. The van der Waals surface area contributed by atoms with Gasteiger partial charge < -0.3 is 13.8 Å². The summed E-state index contributed by atoms with van der Waals surface area (Å²) in [6.45, 7) is 9.46. The van der Waals surface area contributed by atoms with E-state index in [-0.39, 0.29) is 5.41 Å². The summed E-state index contributed by atoms with van der Waals surface area (Å²) in [5.74, 6) is 0.356. The lowest BCUT2D eigenvalue weighted by Crippen LogP contribution is -2.36. The fraction of sp³-hybridized carbons (Fsp3) is 0.556. The van der Waals surface area contributed by atoms with Gasteiger partial charge in [-0.15, -0.1) is 0 Å². The van der Waals surface area contributed by atoms with E-state index in [1.165, 1.54) is 0 Å². The lowest BCUT2D eigenvalue weighted by atomic mass is 9.97. The van der Waals surface area contributed by atoms with Crippen molar-refractivity contribution in [3.63, 3.8) is 0 Å². The van der Waals surface area contributed by atoms with Gasteiger partial charge in [0, 0.05) is 12.0 Å². The molecule has 1 N–H and O–H groups in total. The SMILES string of the molecule is COc1ccc(CNC(C=C(C)C)P2(=O)OCC(C)(C)CO2)cc1. The maximum absolute atomic E-state index is 13.1. The number of ether oxygens (including phenoxy) is 1. The summed E-state index contributed by atoms with van der Waals surface area (Å²) in [7, 11) is -1.58. The van der Waals surface area contributed by atoms with Gasteiger partial charge in [0.05, 0.1) is 20.3 Å². The van der Waals surface area contributed by atoms with Gasteiger partial charge in [0.1, 0.15) is 11.5 Å². The zero-order valence-corrected chi connectivity index (χ0v) is 16.1. The molecule has 0 radical (unpaired) electrons. The molecule has 0 aliphatic carbocycles. The predicted octanol–water partition coefficient (Wildman–Crippen LogP) is 4.34. The molecule has 1 aliphatic rings. The standard InChI is InChI=1S/C18H28NO4P/c1-14(2)10-17(24(20)22-12-18(3,4)13-23-24)19-11-15-6-8-16(21-5)9-7-15/h6-10,17,19H,11-13H2,1-5H3. The van der Waals surface area contributed by atoms with Crippen LogP contribution in [0, 0.1) is 5.41 Å². The largest absolute Gasteiger partial charge is 0.497 e. The Bertz CT molecular complexity index is 606. The molecule has 2 rings (SSSR count). The van der Waals surface area contributed by atoms with E-state index in [0.717, 1.165) is 16.9 Å². The second-order valence-corrected chi connectivity index (χ2v) is 9.32. The van der Waals surface area contributed by atoms with E-state index in [1.807, 2.05) is 58.0 Å². The van der Waals surface area contributed by atoms with E-state index < -0.39 is 13.4 Å². The second-order valence-electron chi connectivity index (χ2n) is 7.17. The van der Waals surface area contributed by atoms with Crippen LogP contribution in [0.5, 0.6) is 5.75 Å². The van der Waals surface area contributed by atoms with Crippen LogP contribution in [0.3, 0.4) is 0 Å². The fourth-order valence-electron chi connectivity index (χ4n) is 2.31. The van der Waals surface area contributed by atoms with E-state index in [0.29, 0.717) is 19.8 Å². The molecule has 6 heteroatoms. The van der Waals surface area contributed by atoms with Crippen molar-refractivity contribution in [2.24, 2.45) is 5.41 Å². The van der Waals surface area contributed by atoms with E-state index in [9.17, 15) is 4.57 Å². The molecule has 1 aromatic rings. The van der Waals surface area contributed by atoms with Crippen LogP contribution in [0.2, 0.25) is 0 Å². The number of methoxy groups -OCH3 is 1. The van der Waals surface area contributed by atoms with Gasteiger partial charge in [-0.2, -0.15) is 0 Å². The zero-order chi connectivity index (χ0) is 17.8. The van der Waals surface area contributed by atoms with Crippen molar-refractivity contribution in [3.05, 3.63) is 41.5 Å². The summed E-state index contributed by atoms with van der Waals surface area (Å²) in [4.78, 5) is 0. The first-order chi connectivity index (χ1) is 11.2. The molecule has 1 fully saturated rings. The number of benzene rings is 1. The molecule has 0 amide bonds. The Hall–Kier alpha value is -1.13. The van der Waals surface area contributed by atoms with E-state index in [1.54, 1.807) is 7.11 Å². The van der Waals surface area contributed by atoms with Crippen LogP contribution >= 0.6 is 7.60 Å². The minimum absolute atomic E-state index is 0.112. The van der Waals surface area contributed by atoms with Crippen molar-refractivity contribution in [2.75, 3.05) is 20.3 Å². The third-order valence-electron chi connectivity index (χ3n) is 3.78. The van der Waals surface area contributed by atoms with Gasteiger partial charge >= 0.3 is 7.60 Å². The average Bonchev–Trinajstić information content (AvgIpc) is 2.54. The lowest BCUT2D eigenvalue weighted by Gasteiger charge is -2.37. The first kappa shape index (κ1) is 19.2. The van der Waals surface area contributed by atoms with Crippen molar-refractivity contribution in [2.45, 2.75) is 40.0 Å². The highest BCUT2D eigenvalue weighted by Gasteiger charge is 2.41. The summed E-state index contributed by atoms with van der Waals surface area (Å²) < 4.78 is 29.6. The van der Waals surface area contributed by atoms with E-state index in [2.05, 4.69) is 5.32 Å². The molecular formula is C18H28NO4P. The fourth-order valence-corrected chi connectivity index (χ4v) is 4.56. The summed E-state index contributed by atoms with van der Waals surface area (Å²) in [6.07, 6.45) is 1.92. The highest BCUT2D eigenvalue weighted by molar-refractivity contribution is 7.54. The zero-order valence-electron chi connectivity index (χ0n) is 15.2. The molecule has 24 heavy (non-hydrogen) atoms. The summed E-state index contributed by atoms with van der Waals surface area (Å²) in [5, 5.41) is 3.31. The quantitative estimate of drug-likeness (QED) is 0.609. The van der Waals surface area contributed by atoms with E-state index in [4.69, 9.17) is 13.8 Å². The molecule has 134 valence electrons. The van der Waals surface area contributed by atoms with Crippen molar-refractivity contribution < 1.29 is 18.3 Å². The van der Waals surface area contributed by atoms with Crippen molar-refractivity contribution in [3.8, 4) is 5.75 Å². The minimum atomic E-state index is -3.22. The first-order valence-corrected chi connectivity index (χ1v) is 9.75. The summed E-state index contributed by atoms with van der Waals surface area (Å²) in [6, 6.07) is 7.77. The third kappa shape index (κ3) is 5.18. The molecule has 0 spiro atoms. The minimum Gasteiger partial charge on any atom is -0.497 e. The lowest BCUT2D eigenvalue weighted by molar-refractivity contribution is 0.0382. The van der Waals surface area contributed by atoms with Gasteiger partial charge in [-0.1, -0.05) is 37.6 Å². The molecule has 0 bridgehead atoms. The highest BCUT2D eigenvalue weighted by Crippen LogP contribution is 2.57. The molecule has 1 saturated heterocycles. The Labute approximate surface area is 144 Å². The van der Waals surface area contributed by atoms with Gasteiger partial charge in [0.25, 0.3) is 0 Å². The monoisotopic (exact) mass is 353 g/mol. The number of nitrogens with one attached hydrogen (secondary N) is 1. The maximum atomic E-state index is 13.1. The normalized spacial score (nSPS) is 20.2. The molecule has 1 atom stereocenters. The molecule has 0 saturated carbocycles. The van der Waals surface area contributed by atoms with Gasteiger partial charge in [-0.05, 0) is 31.5 Å². The number of rotatable bonds is 6.